The third kappa shape index (κ3) is 6.66. The molecule has 0 aliphatic rings. The van der Waals surface area contributed by atoms with Gasteiger partial charge in [-0.3, -0.25) is 0 Å². The lowest BCUT2D eigenvalue weighted by atomic mass is 9.99. The minimum absolute atomic E-state index is 0.717. The molecule has 19 heavy (non-hydrogen) atoms. The van der Waals surface area contributed by atoms with E-state index in [1.807, 2.05) is 0 Å². The van der Waals surface area contributed by atoms with E-state index < -0.39 is 0 Å². The summed E-state index contributed by atoms with van der Waals surface area (Å²) in [6, 6.07) is 8.63. The van der Waals surface area contributed by atoms with Crippen molar-refractivity contribution in [2.24, 2.45) is 5.92 Å². The Morgan fingerprint density at radius 3 is 2.37 bits per heavy atom. The Bertz CT molecular complexity index is 326. The van der Waals surface area contributed by atoms with E-state index in [0.29, 0.717) is 5.92 Å². The summed E-state index contributed by atoms with van der Waals surface area (Å²) in [5.74, 6) is 1.76. The summed E-state index contributed by atoms with van der Waals surface area (Å²) < 4.78 is 5.99. The minimum atomic E-state index is 0.717. The Morgan fingerprint density at radius 1 is 1.00 bits per heavy atom. The molecule has 0 unspecified atom stereocenters. The van der Waals surface area contributed by atoms with Gasteiger partial charge in [-0.05, 0) is 49.3 Å². The molecule has 0 fully saturated rings. The largest absolute Gasteiger partial charge is 0.493 e. The summed E-state index contributed by atoms with van der Waals surface area (Å²) in [5, 5.41) is 0. The normalized spacial score (nSPS) is 10.9. The summed E-state index contributed by atoms with van der Waals surface area (Å²) in [4.78, 5) is 0. The molecule has 0 radical (unpaired) electrons. The Labute approximate surface area is 119 Å². The predicted octanol–water partition coefficient (Wildman–Crippen LogP) is 5.62. The highest BCUT2D eigenvalue weighted by Crippen LogP contribution is 2.19. The molecule has 0 bridgehead atoms. The fourth-order valence-electron chi connectivity index (χ4n) is 2.51. The van der Waals surface area contributed by atoms with E-state index in [1.165, 1.54) is 50.5 Å². The maximum absolute atomic E-state index is 5.99. The maximum Gasteiger partial charge on any atom is 0.119 e. The van der Waals surface area contributed by atoms with Gasteiger partial charge in [0.2, 0.25) is 0 Å². The van der Waals surface area contributed by atoms with Crippen LogP contribution in [0.2, 0.25) is 0 Å². The highest BCUT2D eigenvalue weighted by molar-refractivity contribution is 5.28. The monoisotopic (exact) mass is 262 g/mol. The zero-order valence-electron chi connectivity index (χ0n) is 13.0. The van der Waals surface area contributed by atoms with Crippen molar-refractivity contribution in [2.45, 2.75) is 65.7 Å². The quantitative estimate of drug-likeness (QED) is 0.531. The molecule has 0 amide bonds. The average molecular weight is 262 g/mol. The van der Waals surface area contributed by atoms with E-state index in [2.05, 4.69) is 45.0 Å². The second-order valence-corrected chi connectivity index (χ2v) is 5.51. The van der Waals surface area contributed by atoms with E-state index in [4.69, 9.17) is 4.74 Å². The van der Waals surface area contributed by atoms with Crippen molar-refractivity contribution < 1.29 is 4.74 Å². The smallest absolute Gasteiger partial charge is 0.119 e. The van der Waals surface area contributed by atoms with Crippen LogP contribution in [0.25, 0.3) is 0 Å². The van der Waals surface area contributed by atoms with Crippen LogP contribution in [-0.4, -0.2) is 6.61 Å². The fourth-order valence-corrected chi connectivity index (χ4v) is 2.51. The summed E-state index contributed by atoms with van der Waals surface area (Å²) >= 11 is 0. The van der Waals surface area contributed by atoms with Gasteiger partial charge in [0.1, 0.15) is 5.75 Å². The Morgan fingerprint density at radius 2 is 1.74 bits per heavy atom. The predicted molar refractivity (Wildman–Crippen MR) is 83.9 cm³/mol. The molecule has 1 aromatic carbocycles. The lowest BCUT2D eigenvalue weighted by Crippen LogP contribution is -2.11. The lowest BCUT2D eigenvalue weighted by Gasteiger charge is -2.16. The van der Waals surface area contributed by atoms with Crippen LogP contribution in [0.3, 0.4) is 0 Å². The number of benzene rings is 1. The molecule has 0 saturated heterocycles. The average Bonchev–Trinajstić information content (AvgIpc) is 2.43. The zero-order chi connectivity index (χ0) is 13.9. The molecule has 108 valence electrons. The van der Waals surface area contributed by atoms with E-state index in [9.17, 15) is 0 Å². The topological polar surface area (TPSA) is 9.23 Å². The van der Waals surface area contributed by atoms with E-state index in [0.717, 1.165) is 12.4 Å². The van der Waals surface area contributed by atoms with Crippen molar-refractivity contribution in [1.29, 1.82) is 0 Å². The van der Waals surface area contributed by atoms with E-state index >= 15 is 0 Å². The number of ether oxygens (including phenoxy) is 1. The van der Waals surface area contributed by atoms with Crippen molar-refractivity contribution in [3.8, 4) is 5.75 Å². The van der Waals surface area contributed by atoms with Crippen LogP contribution >= 0.6 is 0 Å². The number of hydrogen-bond donors (Lipinski definition) is 0. The molecule has 1 nitrogen and oxygen atoms in total. The van der Waals surface area contributed by atoms with Gasteiger partial charge in [0.05, 0.1) is 6.61 Å². The van der Waals surface area contributed by atoms with Gasteiger partial charge in [0, 0.05) is 0 Å². The van der Waals surface area contributed by atoms with Gasteiger partial charge < -0.3 is 4.74 Å². The van der Waals surface area contributed by atoms with Crippen molar-refractivity contribution >= 4 is 0 Å². The first kappa shape index (κ1) is 16.1. The Balaban J connectivity index is 2.46. The first-order valence-corrected chi connectivity index (χ1v) is 8.01. The summed E-state index contributed by atoms with van der Waals surface area (Å²) in [5.41, 5.74) is 1.40. The van der Waals surface area contributed by atoms with Gasteiger partial charge in [-0.2, -0.15) is 0 Å². The molecule has 1 aromatic rings. The van der Waals surface area contributed by atoms with Gasteiger partial charge in [-0.1, -0.05) is 52.2 Å². The van der Waals surface area contributed by atoms with Crippen molar-refractivity contribution in [3.05, 3.63) is 29.8 Å². The minimum Gasteiger partial charge on any atom is -0.493 e. The fraction of sp³-hybridized carbons (Fsp3) is 0.667. The van der Waals surface area contributed by atoms with Gasteiger partial charge >= 0.3 is 0 Å². The highest BCUT2D eigenvalue weighted by atomic mass is 16.5. The molecule has 0 aromatic heterocycles. The molecular formula is C18H30O. The third-order valence-corrected chi connectivity index (χ3v) is 3.60. The zero-order valence-corrected chi connectivity index (χ0v) is 13.0. The van der Waals surface area contributed by atoms with Crippen molar-refractivity contribution in [3.63, 3.8) is 0 Å². The Kier molecular flexibility index (Phi) is 8.36. The van der Waals surface area contributed by atoms with Crippen LogP contribution in [0.15, 0.2) is 24.3 Å². The van der Waals surface area contributed by atoms with E-state index in [1.54, 1.807) is 0 Å². The lowest BCUT2D eigenvalue weighted by molar-refractivity contribution is 0.229. The second kappa shape index (κ2) is 9.89. The first-order valence-electron chi connectivity index (χ1n) is 8.01. The molecule has 1 rings (SSSR count). The van der Waals surface area contributed by atoms with Crippen LogP contribution in [0.5, 0.6) is 5.75 Å². The SMILES string of the molecule is CCCCc1cccc(OCC(CCC)CCC)c1. The molecule has 0 spiro atoms. The van der Waals surface area contributed by atoms with Gasteiger partial charge in [-0.15, -0.1) is 0 Å². The molecule has 0 aliphatic carbocycles. The third-order valence-electron chi connectivity index (χ3n) is 3.60. The standard InChI is InChI=1S/C18H30O/c1-4-7-11-16-12-8-13-18(14-16)19-15-17(9-5-2)10-6-3/h8,12-14,17H,4-7,9-11,15H2,1-3H3. The first-order chi connectivity index (χ1) is 9.30. The van der Waals surface area contributed by atoms with Gasteiger partial charge in [0.25, 0.3) is 0 Å². The summed E-state index contributed by atoms with van der Waals surface area (Å²) in [6.07, 6.45) is 8.75. The number of rotatable bonds is 10. The van der Waals surface area contributed by atoms with Crippen molar-refractivity contribution in [1.82, 2.24) is 0 Å². The highest BCUT2D eigenvalue weighted by Gasteiger charge is 2.07. The molecular weight excluding hydrogens is 232 g/mol. The number of aryl methyl sites for hydroxylation is 1. The summed E-state index contributed by atoms with van der Waals surface area (Å²) in [6.45, 7) is 7.63. The van der Waals surface area contributed by atoms with Crippen LogP contribution in [-0.2, 0) is 6.42 Å². The van der Waals surface area contributed by atoms with Crippen LogP contribution in [0.1, 0.15) is 64.9 Å². The maximum atomic E-state index is 5.99. The number of hydrogen-bond acceptors (Lipinski definition) is 1. The number of unbranched alkanes of at least 4 members (excludes halogenated alkanes) is 1. The summed E-state index contributed by atoms with van der Waals surface area (Å²) in [7, 11) is 0. The van der Waals surface area contributed by atoms with Crippen LogP contribution in [0.4, 0.5) is 0 Å². The van der Waals surface area contributed by atoms with Crippen LogP contribution in [0, 0.1) is 5.92 Å². The molecule has 0 atom stereocenters. The van der Waals surface area contributed by atoms with E-state index in [-0.39, 0.29) is 0 Å². The molecule has 0 heterocycles. The van der Waals surface area contributed by atoms with Gasteiger partial charge in [0.15, 0.2) is 0 Å². The van der Waals surface area contributed by atoms with Crippen molar-refractivity contribution in [2.75, 3.05) is 6.61 Å². The molecule has 1 heteroatoms. The van der Waals surface area contributed by atoms with Crippen LogP contribution < -0.4 is 4.74 Å². The molecule has 0 saturated carbocycles. The Hall–Kier alpha value is -0.980. The van der Waals surface area contributed by atoms with Gasteiger partial charge in [-0.25, -0.2) is 0 Å². The molecule has 0 N–H and O–H groups in total. The molecule has 0 aliphatic heterocycles. The second-order valence-electron chi connectivity index (χ2n) is 5.51.